The summed E-state index contributed by atoms with van der Waals surface area (Å²) < 4.78 is 33.2. The van der Waals surface area contributed by atoms with E-state index in [1.807, 2.05) is 19.1 Å². The Kier molecular flexibility index (Phi) is 4.71. The summed E-state index contributed by atoms with van der Waals surface area (Å²) in [5.74, 6) is -0.193. The molecule has 0 spiro atoms. The van der Waals surface area contributed by atoms with E-state index >= 15 is 0 Å². The lowest BCUT2D eigenvalue weighted by atomic mass is 9.85. The molecular formula is C18H25NO4S. The Morgan fingerprint density at radius 3 is 2.62 bits per heavy atom. The van der Waals surface area contributed by atoms with Gasteiger partial charge in [0.25, 0.3) is 0 Å². The van der Waals surface area contributed by atoms with Gasteiger partial charge in [0.1, 0.15) is 6.04 Å². The van der Waals surface area contributed by atoms with Crippen molar-refractivity contribution in [1.29, 1.82) is 0 Å². The molecule has 1 aliphatic heterocycles. The van der Waals surface area contributed by atoms with E-state index in [2.05, 4.69) is 0 Å². The summed E-state index contributed by atoms with van der Waals surface area (Å²) in [5, 5.41) is 0. The predicted molar refractivity (Wildman–Crippen MR) is 91.1 cm³/mol. The third-order valence-electron chi connectivity index (χ3n) is 5.40. The van der Waals surface area contributed by atoms with Crippen molar-refractivity contribution < 1.29 is 17.9 Å². The monoisotopic (exact) mass is 351 g/mol. The standard InChI is InChI=1S/C18H25NO4S/c1-12-8-9-13(2)17(10-12)24(21,22)19-15-7-5-4-6-14(15)11-16(19)18(20)23-3/h8-10,14-16H,4-7,11H2,1-3H3/t14-,15-,16-/m0/s1. The molecule has 0 unspecified atom stereocenters. The Balaban J connectivity index is 2.08. The molecule has 2 aliphatic rings. The van der Waals surface area contributed by atoms with Crippen LogP contribution in [-0.2, 0) is 19.6 Å². The minimum atomic E-state index is -3.73. The van der Waals surface area contributed by atoms with Gasteiger partial charge in [-0.1, -0.05) is 25.0 Å². The molecule has 3 atom stereocenters. The smallest absolute Gasteiger partial charge is 0.324 e. The fourth-order valence-electron chi connectivity index (χ4n) is 4.20. The zero-order valence-corrected chi connectivity index (χ0v) is 15.3. The van der Waals surface area contributed by atoms with Gasteiger partial charge in [-0.3, -0.25) is 4.79 Å². The van der Waals surface area contributed by atoms with Gasteiger partial charge < -0.3 is 4.74 Å². The number of sulfonamides is 1. The molecule has 1 saturated heterocycles. The second-order valence-corrected chi connectivity index (χ2v) is 8.80. The molecule has 24 heavy (non-hydrogen) atoms. The van der Waals surface area contributed by atoms with Gasteiger partial charge in [0.2, 0.25) is 10.0 Å². The van der Waals surface area contributed by atoms with E-state index in [-0.39, 0.29) is 12.0 Å². The molecule has 2 fully saturated rings. The van der Waals surface area contributed by atoms with E-state index in [0.717, 1.165) is 31.2 Å². The van der Waals surface area contributed by atoms with E-state index in [1.54, 1.807) is 13.0 Å². The molecular weight excluding hydrogens is 326 g/mol. The summed E-state index contributed by atoms with van der Waals surface area (Å²) in [5.41, 5.74) is 1.61. The first kappa shape index (κ1) is 17.4. The van der Waals surface area contributed by atoms with Crippen LogP contribution >= 0.6 is 0 Å². The molecule has 0 amide bonds. The van der Waals surface area contributed by atoms with Crippen LogP contribution in [0.2, 0.25) is 0 Å². The molecule has 0 N–H and O–H groups in total. The van der Waals surface area contributed by atoms with Crippen molar-refractivity contribution in [3.05, 3.63) is 29.3 Å². The molecule has 5 nitrogen and oxygen atoms in total. The fourth-order valence-corrected chi connectivity index (χ4v) is 6.38. The zero-order valence-electron chi connectivity index (χ0n) is 14.5. The number of rotatable bonds is 3. The van der Waals surface area contributed by atoms with Gasteiger partial charge in [-0.15, -0.1) is 0 Å². The Morgan fingerprint density at radius 1 is 1.21 bits per heavy atom. The van der Waals surface area contributed by atoms with Crippen molar-refractivity contribution in [2.24, 2.45) is 5.92 Å². The highest BCUT2D eigenvalue weighted by molar-refractivity contribution is 7.89. The molecule has 0 bridgehead atoms. The Hall–Kier alpha value is -1.40. The number of esters is 1. The van der Waals surface area contributed by atoms with Crippen LogP contribution in [0.3, 0.4) is 0 Å². The van der Waals surface area contributed by atoms with E-state index in [9.17, 15) is 13.2 Å². The van der Waals surface area contributed by atoms with E-state index < -0.39 is 22.0 Å². The maximum absolute atomic E-state index is 13.4. The summed E-state index contributed by atoms with van der Waals surface area (Å²) in [6.45, 7) is 3.68. The van der Waals surface area contributed by atoms with Crippen LogP contribution in [-0.4, -0.2) is 37.9 Å². The fraction of sp³-hybridized carbons (Fsp3) is 0.611. The third kappa shape index (κ3) is 2.86. The molecule has 3 rings (SSSR count). The number of methoxy groups -OCH3 is 1. The van der Waals surface area contributed by atoms with Crippen molar-refractivity contribution in [3.8, 4) is 0 Å². The van der Waals surface area contributed by atoms with Gasteiger partial charge in [0, 0.05) is 6.04 Å². The van der Waals surface area contributed by atoms with Gasteiger partial charge in [-0.25, -0.2) is 8.42 Å². The van der Waals surface area contributed by atoms with E-state index in [0.29, 0.717) is 16.9 Å². The summed E-state index contributed by atoms with van der Waals surface area (Å²) in [4.78, 5) is 12.6. The highest BCUT2D eigenvalue weighted by Crippen LogP contribution is 2.43. The van der Waals surface area contributed by atoms with E-state index in [1.165, 1.54) is 11.4 Å². The first-order valence-corrected chi connectivity index (χ1v) is 9.99. The van der Waals surface area contributed by atoms with Crippen LogP contribution in [0.25, 0.3) is 0 Å². The van der Waals surface area contributed by atoms with Crippen molar-refractivity contribution >= 4 is 16.0 Å². The maximum Gasteiger partial charge on any atom is 0.324 e. The largest absolute Gasteiger partial charge is 0.468 e. The van der Waals surface area contributed by atoms with Crippen LogP contribution < -0.4 is 0 Å². The van der Waals surface area contributed by atoms with Gasteiger partial charge in [-0.05, 0) is 56.2 Å². The van der Waals surface area contributed by atoms with Gasteiger partial charge >= 0.3 is 5.97 Å². The lowest BCUT2D eigenvalue weighted by molar-refractivity contribution is -0.144. The van der Waals surface area contributed by atoms with Crippen LogP contribution in [0, 0.1) is 19.8 Å². The Bertz CT molecular complexity index is 743. The normalized spacial score (nSPS) is 27.7. The first-order valence-electron chi connectivity index (χ1n) is 8.55. The maximum atomic E-state index is 13.4. The quantitative estimate of drug-likeness (QED) is 0.786. The van der Waals surface area contributed by atoms with Crippen LogP contribution in [0.1, 0.15) is 43.2 Å². The molecule has 1 aliphatic carbocycles. The zero-order chi connectivity index (χ0) is 17.5. The molecule has 1 saturated carbocycles. The number of hydrogen-bond acceptors (Lipinski definition) is 4. The second-order valence-electron chi connectivity index (χ2n) is 6.99. The Morgan fingerprint density at radius 2 is 1.92 bits per heavy atom. The molecule has 6 heteroatoms. The van der Waals surface area contributed by atoms with Gasteiger partial charge in [-0.2, -0.15) is 4.31 Å². The second kappa shape index (κ2) is 6.48. The number of nitrogens with zero attached hydrogens (tertiary/aromatic N) is 1. The van der Waals surface area contributed by atoms with E-state index in [4.69, 9.17) is 4.74 Å². The average Bonchev–Trinajstić information content (AvgIpc) is 2.96. The molecule has 0 aromatic heterocycles. The van der Waals surface area contributed by atoms with Crippen LogP contribution in [0.5, 0.6) is 0 Å². The predicted octanol–water partition coefficient (Wildman–Crippen LogP) is 2.80. The number of benzene rings is 1. The minimum absolute atomic E-state index is 0.0900. The molecule has 1 heterocycles. The lowest BCUT2D eigenvalue weighted by Gasteiger charge is -2.32. The highest BCUT2D eigenvalue weighted by atomic mass is 32.2. The molecule has 0 radical (unpaired) electrons. The van der Waals surface area contributed by atoms with Crippen molar-refractivity contribution in [2.45, 2.75) is 62.9 Å². The SMILES string of the molecule is COC(=O)[C@@H]1C[C@@H]2CCCC[C@@H]2N1S(=O)(=O)c1cc(C)ccc1C. The van der Waals surface area contributed by atoms with Crippen molar-refractivity contribution in [1.82, 2.24) is 4.31 Å². The molecule has 1 aromatic rings. The Labute approximate surface area is 144 Å². The number of carbonyl (C=O) groups excluding carboxylic acids is 1. The lowest BCUT2D eigenvalue weighted by Crippen LogP contribution is -2.46. The number of hydrogen-bond donors (Lipinski definition) is 0. The first-order chi connectivity index (χ1) is 11.4. The summed E-state index contributed by atoms with van der Waals surface area (Å²) in [6, 6.07) is 4.64. The third-order valence-corrected chi connectivity index (χ3v) is 7.48. The van der Waals surface area contributed by atoms with Gasteiger partial charge in [0.05, 0.1) is 12.0 Å². The van der Waals surface area contributed by atoms with Crippen LogP contribution in [0.4, 0.5) is 0 Å². The van der Waals surface area contributed by atoms with Crippen LogP contribution in [0.15, 0.2) is 23.1 Å². The molecule has 132 valence electrons. The topological polar surface area (TPSA) is 63.7 Å². The molecule has 1 aromatic carbocycles. The summed E-state index contributed by atoms with van der Waals surface area (Å²) in [7, 11) is -2.41. The van der Waals surface area contributed by atoms with Crippen molar-refractivity contribution in [3.63, 3.8) is 0 Å². The van der Waals surface area contributed by atoms with Crippen molar-refractivity contribution in [2.75, 3.05) is 7.11 Å². The highest BCUT2D eigenvalue weighted by Gasteiger charge is 2.51. The number of ether oxygens (including phenoxy) is 1. The average molecular weight is 351 g/mol. The number of aryl methyl sites for hydroxylation is 2. The number of fused-ring (bicyclic) bond motifs is 1. The summed E-state index contributed by atoms with van der Waals surface area (Å²) >= 11 is 0. The summed E-state index contributed by atoms with van der Waals surface area (Å²) in [6.07, 6.45) is 4.49. The number of carbonyl (C=O) groups is 1. The van der Waals surface area contributed by atoms with Gasteiger partial charge in [0.15, 0.2) is 0 Å². The minimum Gasteiger partial charge on any atom is -0.468 e.